The summed E-state index contributed by atoms with van der Waals surface area (Å²) in [7, 11) is 0. The highest BCUT2D eigenvalue weighted by molar-refractivity contribution is 5.86. The van der Waals surface area contributed by atoms with Crippen LogP contribution in [0.2, 0.25) is 0 Å². The van der Waals surface area contributed by atoms with Gasteiger partial charge in [-0.2, -0.15) is 0 Å². The Labute approximate surface area is 88.0 Å². The van der Waals surface area contributed by atoms with E-state index in [9.17, 15) is 14.3 Å². The third-order valence-corrected chi connectivity index (χ3v) is 3.18. The van der Waals surface area contributed by atoms with Crippen LogP contribution in [0.3, 0.4) is 0 Å². The average Bonchev–Trinajstić information content (AvgIpc) is 2.25. The zero-order valence-electron chi connectivity index (χ0n) is 8.62. The molecule has 1 saturated heterocycles. The molecule has 1 atom stereocenters. The van der Waals surface area contributed by atoms with E-state index in [-0.39, 0.29) is 12.5 Å². The molecule has 0 aromatic rings. The van der Waals surface area contributed by atoms with Crippen LogP contribution in [0, 0.1) is 0 Å². The van der Waals surface area contributed by atoms with Crippen molar-refractivity contribution in [3.63, 3.8) is 0 Å². The van der Waals surface area contributed by atoms with Gasteiger partial charge in [-0.15, -0.1) is 0 Å². The number of rotatable bonds is 2. The second kappa shape index (κ2) is 4.06. The van der Waals surface area contributed by atoms with E-state index in [1.807, 2.05) is 0 Å². The van der Waals surface area contributed by atoms with Crippen molar-refractivity contribution in [1.82, 2.24) is 4.90 Å². The molecule has 1 amide bonds. The van der Waals surface area contributed by atoms with E-state index in [2.05, 4.69) is 0 Å². The molecule has 4 nitrogen and oxygen atoms in total. The molecule has 1 heterocycles. The van der Waals surface area contributed by atoms with Crippen LogP contribution in [0.15, 0.2) is 0 Å². The maximum Gasteiger partial charge on any atom is 0.254 e. The number of hydrogen-bond donors (Lipinski definition) is 1. The molecule has 0 spiro atoms. The minimum atomic E-state index is -1.17. The van der Waals surface area contributed by atoms with Crippen LogP contribution < -0.4 is 0 Å². The zero-order valence-corrected chi connectivity index (χ0v) is 8.62. The lowest BCUT2D eigenvalue weighted by molar-refractivity contribution is -0.167. The van der Waals surface area contributed by atoms with E-state index in [1.165, 1.54) is 4.90 Å². The average molecular weight is 217 g/mol. The third-order valence-electron chi connectivity index (χ3n) is 3.18. The van der Waals surface area contributed by atoms with Gasteiger partial charge in [-0.25, -0.2) is 4.39 Å². The molecular formula is C10H16FNO3. The van der Waals surface area contributed by atoms with Gasteiger partial charge < -0.3 is 14.7 Å². The van der Waals surface area contributed by atoms with E-state index in [1.54, 1.807) is 0 Å². The lowest BCUT2D eigenvalue weighted by Gasteiger charge is -2.41. The number of carbonyl (C=O) groups excluding carboxylic acids is 1. The fraction of sp³-hybridized carbons (Fsp3) is 0.900. The van der Waals surface area contributed by atoms with Crippen LogP contribution in [-0.4, -0.2) is 54.0 Å². The molecule has 0 aromatic carbocycles. The molecular weight excluding hydrogens is 201 g/mol. The van der Waals surface area contributed by atoms with Crippen molar-refractivity contribution >= 4 is 5.91 Å². The van der Waals surface area contributed by atoms with Crippen LogP contribution in [0.1, 0.15) is 19.3 Å². The van der Waals surface area contributed by atoms with Gasteiger partial charge in [0.1, 0.15) is 18.4 Å². The summed E-state index contributed by atoms with van der Waals surface area (Å²) in [6.07, 6.45) is 1.43. The number of nitrogens with zero attached hydrogens (tertiary/aromatic N) is 1. The first-order chi connectivity index (χ1) is 7.15. The molecule has 0 bridgehead atoms. The highest BCUT2D eigenvalue weighted by Crippen LogP contribution is 2.33. The smallest absolute Gasteiger partial charge is 0.254 e. The van der Waals surface area contributed by atoms with E-state index >= 15 is 0 Å². The van der Waals surface area contributed by atoms with Gasteiger partial charge in [0, 0.05) is 13.1 Å². The van der Waals surface area contributed by atoms with Crippen LogP contribution in [-0.2, 0) is 9.53 Å². The maximum absolute atomic E-state index is 12.4. The summed E-state index contributed by atoms with van der Waals surface area (Å²) in [5.41, 5.74) is -1.17. The summed E-state index contributed by atoms with van der Waals surface area (Å²) in [5, 5.41) is 9.86. The van der Waals surface area contributed by atoms with Gasteiger partial charge in [0.2, 0.25) is 0 Å². The fourth-order valence-corrected chi connectivity index (χ4v) is 2.02. The second-order valence-corrected chi connectivity index (χ2v) is 4.28. The SMILES string of the molecule is O=C(N1CCOC(CF)C1)C1(O)CCC1. The Hall–Kier alpha value is -0.680. The van der Waals surface area contributed by atoms with Crippen molar-refractivity contribution < 1.29 is 19.0 Å². The molecule has 1 aliphatic heterocycles. The van der Waals surface area contributed by atoms with Crippen LogP contribution in [0.25, 0.3) is 0 Å². The Bertz CT molecular complexity index is 255. The van der Waals surface area contributed by atoms with Gasteiger partial charge in [-0.05, 0) is 19.3 Å². The molecule has 1 aliphatic carbocycles. The second-order valence-electron chi connectivity index (χ2n) is 4.28. The Balaban J connectivity index is 1.95. The molecule has 0 aromatic heterocycles. The number of amides is 1. The van der Waals surface area contributed by atoms with E-state index in [4.69, 9.17) is 4.74 Å². The molecule has 2 rings (SSSR count). The molecule has 0 radical (unpaired) electrons. The first kappa shape index (κ1) is 10.8. The normalized spacial score (nSPS) is 29.7. The number of carbonyl (C=O) groups is 1. The van der Waals surface area contributed by atoms with E-state index < -0.39 is 18.4 Å². The van der Waals surface area contributed by atoms with Crippen LogP contribution >= 0.6 is 0 Å². The van der Waals surface area contributed by atoms with E-state index in [0.717, 1.165) is 6.42 Å². The largest absolute Gasteiger partial charge is 0.380 e. The molecule has 86 valence electrons. The number of morpholine rings is 1. The zero-order chi connectivity index (χ0) is 10.9. The first-order valence-corrected chi connectivity index (χ1v) is 5.35. The number of halogens is 1. The summed E-state index contributed by atoms with van der Waals surface area (Å²) in [5.74, 6) is -0.254. The Kier molecular flexibility index (Phi) is 2.93. The molecule has 1 N–H and O–H groups in total. The number of alkyl halides is 1. The van der Waals surface area contributed by atoms with Crippen molar-refractivity contribution in [3.8, 4) is 0 Å². The van der Waals surface area contributed by atoms with Gasteiger partial charge in [0.25, 0.3) is 5.91 Å². The van der Waals surface area contributed by atoms with Crippen molar-refractivity contribution in [2.75, 3.05) is 26.4 Å². The van der Waals surface area contributed by atoms with Crippen molar-refractivity contribution in [2.24, 2.45) is 0 Å². The van der Waals surface area contributed by atoms with E-state index in [0.29, 0.717) is 26.0 Å². The highest BCUT2D eigenvalue weighted by atomic mass is 19.1. The van der Waals surface area contributed by atoms with Crippen molar-refractivity contribution in [3.05, 3.63) is 0 Å². The minimum absolute atomic E-state index is 0.254. The van der Waals surface area contributed by atoms with Gasteiger partial charge in [0.15, 0.2) is 0 Å². The number of hydrogen-bond acceptors (Lipinski definition) is 3. The molecule has 1 saturated carbocycles. The Morgan fingerprint density at radius 3 is 2.87 bits per heavy atom. The van der Waals surface area contributed by atoms with Gasteiger partial charge in [-0.3, -0.25) is 4.79 Å². The summed E-state index contributed by atoms with van der Waals surface area (Å²) in [4.78, 5) is 13.4. The Morgan fingerprint density at radius 1 is 1.60 bits per heavy atom. The summed E-state index contributed by atoms with van der Waals surface area (Å²) >= 11 is 0. The quantitative estimate of drug-likeness (QED) is 0.713. The maximum atomic E-state index is 12.4. The highest BCUT2D eigenvalue weighted by Gasteiger charge is 2.45. The lowest BCUT2D eigenvalue weighted by atomic mass is 9.79. The summed E-state index contributed by atoms with van der Waals surface area (Å²) in [6, 6.07) is 0. The van der Waals surface area contributed by atoms with Gasteiger partial charge >= 0.3 is 0 Å². The summed E-state index contributed by atoms with van der Waals surface area (Å²) in [6.45, 7) is 0.494. The Morgan fingerprint density at radius 2 is 2.33 bits per heavy atom. The standard InChI is InChI=1S/C10H16FNO3/c11-6-8-7-12(4-5-15-8)9(13)10(14)2-1-3-10/h8,14H,1-7H2. The number of aliphatic hydroxyl groups is 1. The molecule has 2 fully saturated rings. The molecule has 5 heteroatoms. The number of ether oxygens (including phenoxy) is 1. The minimum Gasteiger partial charge on any atom is -0.380 e. The van der Waals surface area contributed by atoms with Gasteiger partial charge in [0.05, 0.1) is 6.61 Å². The van der Waals surface area contributed by atoms with Crippen LogP contribution in [0.4, 0.5) is 4.39 Å². The molecule has 15 heavy (non-hydrogen) atoms. The molecule has 2 aliphatic rings. The lowest BCUT2D eigenvalue weighted by Crippen LogP contribution is -2.57. The molecule has 1 unspecified atom stereocenters. The fourth-order valence-electron chi connectivity index (χ4n) is 2.02. The predicted molar refractivity (Wildman–Crippen MR) is 51.1 cm³/mol. The monoisotopic (exact) mass is 217 g/mol. The summed E-state index contributed by atoms with van der Waals surface area (Å²) < 4.78 is 17.5. The first-order valence-electron chi connectivity index (χ1n) is 5.35. The third kappa shape index (κ3) is 1.99. The van der Waals surface area contributed by atoms with Crippen molar-refractivity contribution in [2.45, 2.75) is 31.0 Å². The van der Waals surface area contributed by atoms with Gasteiger partial charge in [-0.1, -0.05) is 0 Å². The van der Waals surface area contributed by atoms with Crippen LogP contribution in [0.5, 0.6) is 0 Å². The topological polar surface area (TPSA) is 49.8 Å². The van der Waals surface area contributed by atoms with Crippen molar-refractivity contribution in [1.29, 1.82) is 0 Å². The predicted octanol–water partition coefficient (Wildman–Crippen LogP) is 0.0983.